The summed E-state index contributed by atoms with van der Waals surface area (Å²) in [5.41, 5.74) is 5.00. The topological polar surface area (TPSA) is 42.8 Å². The molecule has 0 unspecified atom stereocenters. The Bertz CT molecular complexity index is 785. The van der Waals surface area contributed by atoms with Crippen LogP contribution in [0.2, 0.25) is 0 Å². The van der Waals surface area contributed by atoms with Gasteiger partial charge in [-0.15, -0.1) is 11.3 Å². The minimum absolute atomic E-state index is 0.719. The molecule has 4 nitrogen and oxygen atoms in total. The number of thiazole rings is 1. The molecule has 1 N–H and O–H groups in total. The molecule has 0 saturated heterocycles. The first-order chi connectivity index (χ1) is 9.19. The third-order valence-electron chi connectivity index (χ3n) is 3.13. The highest BCUT2D eigenvalue weighted by Crippen LogP contribution is 2.23. The third kappa shape index (κ3) is 2.17. The van der Waals surface area contributed by atoms with Crippen molar-refractivity contribution in [2.24, 2.45) is 0 Å². The quantitative estimate of drug-likeness (QED) is 0.751. The fourth-order valence-corrected chi connectivity index (χ4v) is 3.08. The Morgan fingerprint density at radius 3 is 3.00 bits per heavy atom. The molecule has 98 valence electrons. The largest absolute Gasteiger partial charge is 0.497 e. The van der Waals surface area contributed by atoms with E-state index in [0.717, 1.165) is 33.8 Å². The summed E-state index contributed by atoms with van der Waals surface area (Å²) in [5.74, 6) is 0.830. The zero-order valence-electron chi connectivity index (χ0n) is 10.6. The highest BCUT2D eigenvalue weighted by molar-refractivity contribution is 7.71. The lowest BCUT2D eigenvalue weighted by Crippen LogP contribution is -1.99. The normalized spacial score (nSPS) is 11.1. The van der Waals surface area contributed by atoms with Crippen LogP contribution in [0.15, 0.2) is 23.7 Å². The molecule has 1 aromatic carbocycles. The van der Waals surface area contributed by atoms with Crippen molar-refractivity contribution in [1.82, 2.24) is 14.5 Å². The highest BCUT2D eigenvalue weighted by atomic mass is 32.1. The summed E-state index contributed by atoms with van der Waals surface area (Å²) in [4.78, 5) is 8.72. The molecule has 0 aliphatic heterocycles. The van der Waals surface area contributed by atoms with Crippen LogP contribution in [0.4, 0.5) is 0 Å². The van der Waals surface area contributed by atoms with Gasteiger partial charge in [0.2, 0.25) is 0 Å². The molecule has 3 rings (SSSR count). The standard InChI is InChI=1S/C13H13N3OS2/c1-8-12(19-7-14-8)6-16-11-5-9(17-2)3-4-10(11)15-13(16)18/h3-5,7H,6H2,1-2H3,(H,15,18). The molecule has 0 bridgehead atoms. The van der Waals surface area contributed by atoms with Crippen molar-refractivity contribution < 1.29 is 4.74 Å². The van der Waals surface area contributed by atoms with Crippen LogP contribution in [0.3, 0.4) is 0 Å². The molecule has 19 heavy (non-hydrogen) atoms. The molecule has 0 spiro atoms. The fraction of sp³-hybridized carbons (Fsp3) is 0.231. The number of ether oxygens (including phenoxy) is 1. The molecule has 6 heteroatoms. The van der Waals surface area contributed by atoms with Gasteiger partial charge in [-0.05, 0) is 31.3 Å². The Labute approximate surface area is 119 Å². The van der Waals surface area contributed by atoms with Crippen LogP contribution < -0.4 is 4.74 Å². The lowest BCUT2D eigenvalue weighted by Gasteiger charge is -2.05. The predicted molar refractivity (Wildman–Crippen MR) is 79.6 cm³/mol. The van der Waals surface area contributed by atoms with Crippen molar-refractivity contribution in [1.29, 1.82) is 0 Å². The number of fused-ring (bicyclic) bond motifs is 1. The van der Waals surface area contributed by atoms with Crippen LogP contribution >= 0.6 is 23.6 Å². The van der Waals surface area contributed by atoms with Crippen molar-refractivity contribution >= 4 is 34.6 Å². The summed E-state index contributed by atoms with van der Waals surface area (Å²) < 4.78 is 8.07. The number of aromatic amines is 1. The molecule has 2 aromatic heterocycles. The van der Waals surface area contributed by atoms with E-state index in [0.29, 0.717) is 0 Å². The molecule has 0 aliphatic rings. The summed E-state index contributed by atoms with van der Waals surface area (Å²) >= 11 is 7.05. The Kier molecular flexibility index (Phi) is 3.12. The van der Waals surface area contributed by atoms with E-state index in [9.17, 15) is 0 Å². The van der Waals surface area contributed by atoms with Crippen molar-refractivity contribution in [3.8, 4) is 5.75 Å². The van der Waals surface area contributed by atoms with Gasteiger partial charge in [-0.25, -0.2) is 4.98 Å². The van der Waals surface area contributed by atoms with Gasteiger partial charge in [0.15, 0.2) is 4.77 Å². The van der Waals surface area contributed by atoms with Crippen LogP contribution in [-0.2, 0) is 6.54 Å². The average molecular weight is 291 g/mol. The smallest absolute Gasteiger partial charge is 0.178 e. The first kappa shape index (κ1) is 12.4. The molecule has 2 heterocycles. The van der Waals surface area contributed by atoms with Gasteiger partial charge in [-0.3, -0.25) is 0 Å². The minimum atomic E-state index is 0.719. The first-order valence-corrected chi connectivity index (χ1v) is 7.13. The van der Waals surface area contributed by atoms with Gasteiger partial charge < -0.3 is 14.3 Å². The fourth-order valence-electron chi connectivity index (χ4n) is 2.04. The number of aryl methyl sites for hydroxylation is 1. The van der Waals surface area contributed by atoms with Gasteiger partial charge in [-0.2, -0.15) is 0 Å². The number of nitrogens with one attached hydrogen (secondary N) is 1. The van der Waals surface area contributed by atoms with Gasteiger partial charge in [-0.1, -0.05) is 0 Å². The Balaban J connectivity index is 2.14. The maximum absolute atomic E-state index is 5.40. The third-order valence-corrected chi connectivity index (χ3v) is 4.37. The summed E-state index contributed by atoms with van der Waals surface area (Å²) in [5, 5.41) is 0. The maximum atomic E-state index is 5.40. The van der Waals surface area contributed by atoms with Crippen molar-refractivity contribution in [2.45, 2.75) is 13.5 Å². The Morgan fingerprint density at radius 1 is 1.47 bits per heavy atom. The van der Waals surface area contributed by atoms with Gasteiger partial charge >= 0.3 is 0 Å². The van der Waals surface area contributed by atoms with E-state index in [4.69, 9.17) is 17.0 Å². The zero-order valence-corrected chi connectivity index (χ0v) is 12.3. The summed E-state index contributed by atoms with van der Waals surface area (Å²) in [6.45, 7) is 2.76. The number of aromatic nitrogens is 3. The van der Waals surface area contributed by atoms with Crippen molar-refractivity contribution in [3.05, 3.63) is 39.1 Å². The van der Waals surface area contributed by atoms with Gasteiger partial charge in [0.1, 0.15) is 5.75 Å². The van der Waals surface area contributed by atoms with E-state index in [1.807, 2.05) is 30.6 Å². The van der Waals surface area contributed by atoms with Crippen LogP contribution in [0, 0.1) is 11.7 Å². The highest BCUT2D eigenvalue weighted by Gasteiger charge is 2.09. The number of nitrogens with zero attached hydrogens (tertiary/aromatic N) is 2. The van der Waals surface area contributed by atoms with Crippen molar-refractivity contribution in [2.75, 3.05) is 7.11 Å². The first-order valence-electron chi connectivity index (χ1n) is 5.84. The molecular formula is C13H13N3OS2. The van der Waals surface area contributed by atoms with Crippen LogP contribution in [-0.4, -0.2) is 21.6 Å². The van der Waals surface area contributed by atoms with E-state index in [2.05, 4.69) is 14.5 Å². The Morgan fingerprint density at radius 2 is 2.32 bits per heavy atom. The van der Waals surface area contributed by atoms with E-state index in [-0.39, 0.29) is 0 Å². The van der Waals surface area contributed by atoms with Gasteiger partial charge in [0.25, 0.3) is 0 Å². The molecule has 3 aromatic rings. The number of imidazole rings is 1. The van der Waals surface area contributed by atoms with Crippen LogP contribution in [0.1, 0.15) is 10.6 Å². The van der Waals surface area contributed by atoms with Crippen LogP contribution in [0.25, 0.3) is 11.0 Å². The number of hydrogen-bond donors (Lipinski definition) is 1. The molecule has 0 aliphatic carbocycles. The maximum Gasteiger partial charge on any atom is 0.178 e. The SMILES string of the molecule is COc1ccc2[nH]c(=S)n(Cc3scnc3C)c2c1. The Hall–Kier alpha value is -1.66. The number of rotatable bonds is 3. The van der Waals surface area contributed by atoms with E-state index < -0.39 is 0 Å². The minimum Gasteiger partial charge on any atom is -0.497 e. The second-order valence-corrected chi connectivity index (χ2v) is 5.59. The second-order valence-electron chi connectivity index (χ2n) is 4.26. The second kappa shape index (κ2) is 4.79. The molecule has 0 atom stereocenters. The molecular weight excluding hydrogens is 278 g/mol. The zero-order chi connectivity index (χ0) is 13.4. The lowest BCUT2D eigenvalue weighted by molar-refractivity contribution is 0.415. The van der Waals surface area contributed by atoms with E-state index in [1.54, 1.807) is 18.4 Å². The number of benzene rings is 1. The molecule has 0 fully saturated rings. The van der Waals surface area contributed by atoms with E-state index in [1.165, 1.54) is 4.88 Å². The van der Waals surface area contributed by atoms with Crippen molar-refractivity contribution in [3.63, 3.8) is 0 Å². The molecule has 0 saturated carbocycles. The van der Waals surface area contributed by atoms with Crippen LogP contribution in [0.5, 0.6) is 5.75 Å². The predicted octanol–water partition coefficient (Wildman–Crippen LogP) is 3.52. The summed E-state index contributed by atoms with van der Waals surface area (Å²) in [6, 6.07) is 5.91. The molecule has 0 radical (unpaired) electrons. The van der Waals surface area contributed by atoms with Gasteiger partial charge in [0, 0.05) is 10.9 Å². The number of methoxy groups -OCH3 is 1. The monoisotopic (exact) mass is 291 g/mol. The lowest BCUT2D eigenvalue weighted by atomic mass is 10.3. The number of hydrogen-bond acceptors (Lipinski definition) is 4. The van der Waals surface area contributed by atoms with E-state index >= 15 is 0 Å². The summed E-state index contributed by atoms with van der Waals surface area (Å²) in [7, 11) is 1.67. The van der Waals surface area contributed by atoms with Gasteiger partial charge in [0.05, 0.1) is 35.9 Å². The number of H-pyrrole nitrogens is 1. The summed E-state index contributed by atoms with van der Waals surface area (Å²) in [6.07, 6.45) is 0. The molecule has 0 amide bonds. The average Bonchev–Trinajstić information content (AvgIpc) is 2.94.